The maximum absolute atomic E-state index is 11.1. The summed E-state index contributed by atoms with van der Waals surface area (Å²) in [6.45, 7) is 4.49. The molecular weight excluding hydrogens is 260 g/mol. The molecule has 1 aliphatic carbocycles. The summed E-state index contributed by atoms with van der Waals surface area (Å²) in [6.07, 6.45) is 3.51. The lowest BCUT2D eigenvalue weighted by Crippen LogP contribution is -2.17. The number of aromatic nitrogens is 2. The number of nitrogen functional groups attached to an aromatic ring is 1. The zero-order valence-corrected chi connectivity index (χ0v) is 11.7. The van der Waals surface area contributed by atoms with Crippen LogP contribution < -0.4 is 16.6 Å². The molecule has 1 aromatic rings. The molecule has 4 N–H and O–H groups in total. The van der Waals surface area contributed by atoms with Crippen molar-refractivity contribution in [1.82, 2.24) is 9.97 Å². The van der Waals surface area contributed by atoms with Crippen LogP contribution in [0.1, 0.15) is 31.9 Å². The van der Waals surface area contributed by atoms with E-state index in [4.69, 9.17) is 5.84 Å². The van der Waals surface area contributed by atoms with Crippen molar-refractivity contribution in [2.75, 3.05) is 17.3 Å². The first kappa shape index (κ1) is 14.4. The zero-order chi connectivity index (χ0) is 14.7. The Morgan fingerprint density at radius 3 is 2.75 bits per heavy atom. The van der Waals surface area contributed by atoms with Crippen molar-refractivity contribution in [2.24, 2.45) is 17.7 Å². The second-order valence-electron chi connectivity index (χ2n) is 5.40. The average Bonchev–Trinajstić information content (AvgIpc) is 2.81. The molecule has 0 radical (unpaired) electrons. The molecule has 1 fully saturated rings. The summed E-state index contributed by atoms with van der Waals surface area (Å²) in [7, 11) is 0. The van der Waals surface area contributed by atoms with E-state index in [9.17, 15) is 10.1 Å². The Kier molecular flexibility index (Phi) is 4.33. The van der Waals surface area contributed by atoms with Gasteiger partial charge in [-0.25, -0.2) is 10.8 Å². The van der Waals surface area contributed by atoms with E-state index >= 15 is 0 Å². The molecule has 0 bridgehead atoms. The summed E-state index contributed by atoms with van der Waals surface area (Å²) in [5, 5.41) is 14.2. The minimum atomic E-state index is -0.463. The van der Waals surface area contributed by atoms with E-state index in [1.54, 1.807) is 6.92 Å². The van der Waals surface area contributed by atoms with Crippen LogP contribution >= 0.6 is 0 Å². The molecule has 8 nitrogen and oxygen atoms in total. The normalized spacial score (nSPS) is 21.8. The van der Waals surface area contributed by atoms with E-state index in [1.807, 2.05) is 0 Å². The number of aryl methyl sites for hydroxylation is 1. The summed E-state index contributed by atoms with van der Waals surface area (Å²) in [4.78, 5) is 18.7. The Labute approximate surface area is 117 Å². The van der Waals surface area contributed by atoms with Crippen molar-refractivity contribution in [3.8, 4) is 0 Å². The lowest BCUT2D eigenvalue weighted by Gasteiger charge is -2.13. The highest BCUT2D eigenvalue weighted by molar-refractivity contribution is 5.60. The Morgan fingerprint density at radius 1 is 1.45 bits per heavy atom. The van der Waals surface area contributed by atoms with Gasteiger partial charge in [0.2, 0.25) is 11.8 Å². The van der Waals surface area contributed by atoms with Gasteiger partial charge >= 0.3 is 5.69 Å². The van der Waals surface area contributed by atoms with E-state index in [0.717, 1.165) is 18.8 Å². The van der Waals surface area contributed by atoms with E-state index in [0.29, 0.717) is 18.2 Å². The second-order valence-corrected chi connectivity index (χ2v) is 5.40. The van der Waals surface area contributed by atoms with Gasteiger partial charge in [-0.1, -0.05) is 13.3 Å². The summed E-state index contributed by atoms with van der Waals surface area (Å²) in [5.74, 6) is 6.95. The monoisotopic (exact) mass is 280 g/mol. The van der Waals surface area contributed by atoms with Crippen molar-refractivity contribution in [2.45, 2.75) is 33.1 Å². The summed E-state index contributed by atoms with van der Waals surface area (Å²) >= 11 is 0. The first-order valence-corrected chi connectivity index (χ1v) is 6.74. The molecule has 0 spiro atoms. The third-order valence-electron chi connectivity index (χ3n) is 3.73. The number of nitro groups is 1. The molecule has 0 aliphatic heterocycles. The van der Waals surface area contributed by atoms with Crippen LogP contribution in [0.15, 0.2) is 0 Å². The highest BCUT2D eigenvalue weighted by Gasteiger charge is 2.25. The molecule has 1 saturated carbocycles. The topological polar surface area (TPSA) is 119 Å². The van der Waals surface area contributed by atoms with E-state index in [-0.39, 0.29) is 17.5 Å². The van der Waals surface area contributed by atoms with Gasteiger partial charge in [0, 0.05) is 6.54 Å². The molecule has 2 unspecified atom stereocenters. The smallest absolute Gasteiger partial charge is 0.332 e. The first-order chi connectivity index (χ1) is 9.51. The van der Waals surface area contributed by atoms with Crippen LogP contribution in [0.2, 0.25) is 0 Å². The molecule has 0 saturated heterocycles. The minimum Gasteiger partial charge on any atom is -0.364 e. The first-order valence-electron chi connectivity index (χ1n) is 6.74. The maximum atomic E-state index is 11.1. The van der Waals surface area contributed by atoms with Crippen molar-refractivity contribution in [3.05, 3.63) is 15.8 Å². The molecule has 110 valence electrons. The number of nitrogens with one attached hydrogen (secondary N) is 2. The van der Waals surface area contributed by atoms with Gasteiger partial charge in [-0.15, -0.1) is 0 Å². The average molecular weight is 280 g/mol. The lowest BCUT2D eigenvalue weighted by atomic mass is 10.1. The van der Waals surface area contributed by atoms with Crippen LogP contribution in [-0.2, 0) is 0 Å². The Morgan fingerprint density at radius 2 is 2.20 bits per heavy atom. The fourth-order valence-electron chi connectivity index (χ4n) is 2.72. The zero-order valence-electron chi connectivity index (χ0n) is 11.7. The number of hydrogen-bond donors (Lipinski definition) is 3. The van der Waals surface area contributed by atoms with Gasteiger partial charge < -0.3 is 5.32 Å². The molecule has 8 heteroatoms. The maximum Gasteiger partial charge on any atom is 0.332 e. The number of hydrogen-bond acceptors (Lipinski definition) is 7. The third kappa shape index (κ3) is 3.13. The van der Waals surface area contributed by atoms with Gasteiger partial charge in [0.1, 0.15) is 5.69 Å². The molecule has 1 heterocycles. The van der Waals surface area contributed by atoms with Crippen molar-refractivity contribution in [3.63, 3.8) is 0 Å². The number of hydrazine groups is 1. The van der Waals surface area contributed by atoms with Crippen LogP contribution in [0.5, 0.6) is 0 Å². The van der Waals surface area contributed by atoms with Crippen LogP contribution in [0.3, 0.4) is 0 Å². The Hall–Kier alpha value is -1.96. The third-order valence-corrected chi connectivity index (χ3v) is 3.73. The quantitative estimate of drug-likeness (QED) is 0.427. The fourth-order valence-corrected chi connectivity index (χ4v) is 2.72. The van der Waals surface area contributed by atoms with Crippen LogP contribution in [0.25, 0.3) is 0 Å². The Bertz CT molecular complexity index is 507. The van der Waals surface area contributed by atoms with E-state index in [2.05, 4.69) is 27.6 Å². The molecule has 2 atom stereocenters. The van der Waals surface area contributed by atoms with Gasteiger partial charge in [0.05, 0.1) is 4.92 Å². The second kappa shape index (κ2) is 6.00. The molecule has 2 rings (SSSR count). The predicted octanol–water partition coefficient (Wildman–Crippen LogP) is 1.83. The summed E-state index contributed by atoms with van der Waals surface area (Å²) in [6, 6.07) is 0. The molecule has 0 amide bonds. The van der Waals surface area contributed by atoms with Gasteiger partial charge in [-0.2, -0.15) is 4.98 Å². The lowest BCUT2D eigenvalue weighted by molar-refractivity contribution is -0.385. The molecule has 1 aromatic heterocycles. The number of nitrogens with zero attached hydrogens (tertiary/aromatic N) is 3. The van der Waals surface area contributed by atoms with Gasteiger partial charge in [0.25, 0.3) is 0 Å². The highest BCUT2D eigenvalue weighted by Crippen LogP contribution is 2.32. The highest BCUT2D eigenvalue weighted by atomic mass is 16.6. The van der Waals surface area contributed by atoms with Gasteiger partial charge in [0.15, 0.2) is 0 Å². The molecule has 20 heavy (non-hydrogen) atoms. The Balaban J connectivity index is 2.16. The SMILES string of the molecule is Cc1nc(NN)nc(NCC2CCC(C)C2)c1[N+](=O)[O-]. The van der Waals surface area contributed by atoms with E-state index in [1.165, 1.54) is 6.42 Å². The largest absolute Gasteiger partial charge is 0.364 e. The molecular formula is C12H20N6O2. The van der Waals surface area contributed by atoms with Crippen LogP contribution in [0.4, 0.5) is 17.5 Å². The fraction of sp³-hybridized carbons (Fsp3) is 0.667. The molecule has 0 aromatic carbocycles. The predicted molar refractivity (Wildman–Crippen MR) is 76.2 cm³/mol. The van der Waals surface area contributed by atoms with Crippen molar-refractivity contribution in [1.29, 1.82) is 0 Å². The van der Waals surface area contributed by atoms with Crippen molar-refractivity contribution < 1.29 is 4.92 Å². The summed E-state index contributed by atoms with van der Waals surface area (Å²) < 4.78 is 0. The van der Waals surface area contributed by atoms with E-state index < -0.39 is 4.92 Å². The van der Waals surface area contributed by atoms with Gasteiger partial charge in [-0.3, -0.25) is 15.5 Å². The molecule has 1 aliphatic rings. The van der Waals surface area contributed by atoms with Crippen molar-refractivity contribution >= 4 is 17.5 Å². The standard InChI is InChI=1S/C12H20N6O2/c1-7-3-4-9(5-7)6-14-11-10(18(19)20)8(2)15-12(16-11)17-13/h7,9H,3-6,13H2,1-2H3,(H2,14,15,16,17). The van der Waals surface area contributed by atoms with Crippen LogP contribution in [-0.4, -0.2) is 21.4 Å². The summed E-state index contributed by atoms with van der Waals surface area (Å²) in [5.41, 5.74) is 2.53. The minimum absolute atomic E-state index is 0.0879. The number of nitrogens with two attached hydrogens (primary N) is 1. The van der Waals surface area contributed by atoms with Gasteiger partial charge in [-0.05, 0) is 31.6 Å². The van der Waals surface area contributed by atoms with Crippen LogP contribution in [0, 0.1) is 28.9 Å². The number of anilines is 2. The number of rotatable bonds is 5.